The first kappa shape index (κ1) is 29.1. The van der Waals surface area contributed by atoms with Gasteiger partial charge in [0.1, 0.15) is 5.82 Å². The molecule has 0 saturated heterocycles. The van der Waals surface area contributed by atoms with Crippen molar-refractivity contribution in [1.82, 2.24) is 4.57 Å². The summed E-state index contributed by atoms with van der Waals surface area (Å²) in [5.74, 6) is 2.87. The van der Waals surface area contributed by atoms with E-state index in [1.807, 2.05) is 0 Å². The second-order valence-electron chi connectivity index (χ2n) is 13.9. The molecule has 4 unspecified atom stereocenters. The number of nitrogens with one attached hydrogen (secondary N) is 1. The van der Waals surface area contributed by atoms with E-state index in [0.29, 0.717) is 17.8 Å². The van der Waals surface area contributed by atoms with Gasteiger partial charge in [-0.15, -0.1) is 0 Å². The monoisotopic (exact) mass is 616 g/mol. The average molecular weight is 617 g/mol. The third kappa shape index (κ3) is 4.75. The van der Waals surface area contributed by atoms with Crippen LogP contribution in [0.5, 0.6) is 0 Å². The molecule has 2 nitrogen and oxygen atoms in total. The van der Waals surface area contributed by atoms with Crippen molar-refractivity contribution >= 4 is 45.9 Å². The van der Waals surface area contributed by atoms with Crippen molar-refractivity contribution in [2.75, 3.05) is 11.9 Å². The second-order valence-corrected chi connectivity index (χ2v) is 17.8. The minimum absolute atomic E-state index is 0.453. The number of nitrogens with zero attached hydrogens (tertiary/aromatic N) is 1. The van der Waals surface area contributed by atoms with Crippen molar-refractivity contribution in [3.8, 4) is 5.69 Å². The first-order valence-corrected chi connectivity index (χ1v) is 19.3. The van der Waals surface area contributed by atoms with E-state index >= 15 is 0 Å². The molecule has 1 aromatic heterocycles. The molecule has 2 aliphatic carbocycles. The largest absolute Gasteiger partial charge is 0.370 e. The highest BCUT2D eigenvalue weighted by molar-refractivity contribution is 7.16. The highest BCUT2D eigenvalue weighted by atomic mass is 28.3. The van der Waals surface area contributed by atoms with E-state index < -0.39 is 8.07 Å². The molecular weight excluding hydrogens is 573 g/mol. The lowest BCUT2D eigenvalue weighted by molar-refractivity contribution is 0.578. The molecule has 2 heterocycles. The Morgan fingerprint density at radius 1 is 0.739 bits per heavy atom. The minimum atomic E-state index is -2.64. The molecule has 1 aliphatic heterocycles. The summed E-state index contributed by atoms with van der Waals surface area (Å²) < 4.78 is 2.45. The van der Waals surface area contributed by atoms with Gasteiger partial charge in [0.15, 0.2) is 8.07 Å². The Morgan fingerprint density at radius 2 is 1.50 bits per heavy atom. The summed E-state index contributed by atoms with van der Waals surface area (Å²) in [4.78, 5) is 0. The van der Waals surface area contributed by atoms with Crippen LogP contribution in [0.25, 0.3) is 22.2 Å². The number of hydrogen-bond donors (Lipinski definition) is 1. The molecule has 4 atom stereocenters. The van der Waals surface area contributed by atoms with Gasteiger partial charge in [-0.3, -0.25) is 4.57 Å². The molecule has 0 saturated carbocycles. The maximum absolute atomic E-state index is 3.79. The Kier molecular flexibility index (Phi) is 7.45. The zero-order valence-corrected chi connectivity index (χ0v) is 28.3. The van der Waals surface area contributed by atoms with Crippen LogP contribution in [0, 0.1) is 11.8 Å². The van der Waals surface area contributed by atoms with Gasteiger partial charge >= 0.3 is 0 Å². The molecule has 0 radical (unpaired) electrons. The van der Waals surface area contributed by atoms with Crippen LogP contribution in [0.1, 0.15) is 63.5 Å². The van der Waals surface area contributed by atoms with Crippen LogP contribution in [0.3, 0.4) is 0 Å². The third-order valence-electron chi connectivity index (χ3n) is 10.7. The maximum Gasteiger partial charge on any atom is 0.175 e. The number of benzene rings is 4. The molecule has 5 aromatic rings. The van der Waals surface area contributed by atoms with Gasteiger partial charge in [-0.2, -0.15) is 0 Å². The summed E-state index contributed by atoms with van der Waals surface area (Å²) in [6.07, 6.45) is 14.6. The van der Waals surface area contributed by atoms with Crippen LogP contribution in [0.4, 0.5) is 5.82 Å². The Hall–Kier alpha value is -4.34. The Bertz CT molecular complexity index is 2000. The summed E-state index contributed by atoms with van der Waals surface area (Å²) in [5, 5.41) is 11.3. The first-order valence-electron chi connectivity index (χ1n) is 17.3. The van der Waals surface area contributed by atoms with Crippen molar-refractivity contribution in [3.63, 3.8) is 0 Å². The number of para-hydroxylation sites is 1. The van der Waals surface area contributed by atoms with Gasteiger partial charge in [-0.1, -0.05) is 135 Å². The quantitative estimate of drug-likeness (QED) is 0.149. The third-order valence-corrected chi connectivity index (χ3v) is 15.6. The summed E-state index contributed by atoms with van der Waals surface area (Å²) in [6.45, 7) is 8.10. The Morgan fingerprint density at radius 3 is 2.28 bits per heavy atom. The average Bonchev–Trinajstić information content (AvgIpc) is 3.63. The van der Waals surface area contributed by atoms with Crippen molar-refractivity contribution < 1.29 is 0 Å². The number of anilines is 1. The van der Waals surface area contributed by atoms with Crippen LogP contribution < -0.4 is 20.9 Å². The van der Waals surface area contributed by atoms with Gasteiger partial charge < -0.3 is 5.32 Å². The summed E-state index contributed by atoms with van der Waals surface area (Å²) in [6, 6.07) is 39.6. The van der Waals surface area contributed by atoms with Crippen molar-refractivity contribution in [2.45, 2.75) is 52.4 Å². The van der Waals surface area contributed by atoms with Crippen molar-refractivity contribution in [1.29, 1.82) is 0 Å². The van der Waals surface area contributed by atoms with E-state index in [-0.39, 0.29) is 0 Å². The fourth-order valence-corrected chi connectivity index (χ4v) is 13.9. The molecule has 4 aromatic carbocycles. The van der Waals surface area contributed by atoms with Crippen LogP contribution >= 0.6 is 0 Å². The molecule has 46 heavy (non-hydrogen) atoms. The summed E-state index contributed by atoms with van der Waals surface area (Å²) in [7, 11) is -2.64. The van der Waals surface area contributed by atoms with E-state index in [0.717, 1.165) is 19.4 Å². The van der Waals surface area contributed by atoms with Crippen LogP contribution in [0.15, 0.2) is 133 Å². The topological polar surface area (TPSA) is 17.0 Å². The molecule has 230 valence electrons. The van der Waals surface area contributed by atoms with Crippen molar-refractivity contribution in [3.05, 3.63) is 144 Å². The Labute approximate surface area is 275 Å². The molecule has 1 N–H and O–H groups in total. The number of rotatable bonds is 6. The SMILES string of the molecule is CC1C=C(c2cccc([Si](C3=CC(C)CCC3)(c3ccccc3)c3ccc4c(c3)c3c(n4-c4ccccc4)NCC3C)c2)C=CC1. The summed E-state index contributed by atoms with van der Waals surface area (Å²) in [5.41, 5.74) is 6.67. The molecule has 0 amide bonds. The zero-order chi connectivity index (χ0) is 31.3. The van der Waals surface area contributed by atoms with Crippen molar-refractivity contribution in [2.24, 2.45) is 11.8 Å². The smallest absolute Gasteiger partial charge is 0.175 e. The highest BCUT2D eigenvalue weighted by Gasteiger charge is 2.44. The number of hydrogen-bond acceptors (Lipinski definition) is 1. The molecule has 8 rings (SSSR count). The maximum atomic E-state index is 3.79. The van der Waals surface area contributed by atoms with Gasteiger partial charge in [0.25, 0.3) is 0 Å². The van der Waals surface area contributed by atoms with E-state index in [1.165, 1.54) is 67.5 Å². The number of fused-ring (bicyclic) bond motifs is 3. The van der Waals surface area contributed by atoms with Gasteiger partial charge in [0.05, 0.1) is 5.52 Å². The molecule has 0 bridgehead atoms. The van der Waals surface area contributed by atoms with Crippen LogP contribution in [-0.4, -0.2) is 19.2 Å². The lowest BCUT2D eigenvalue weighted by Gasteiger charge is -2.39. The van der Waals surface area contributed by atoms with E-state index in [1.54, 1.807) is 5.20 Å². The fraction of sp³-hybridized carbons (Fsp3) is 0.256. The van der Waals surface area contributed by atoms with Gasteiger partial charge in [-0.05, 0) is 82.4 Å². The van der Waals surface area contributed by atoms with E-state index in [4.69, 9.17) is 0 Å². The molecule has 3 aliphatic rings. The standard InChI is InChI=1S/C43H44N2Si/c1-30-13-10-15-33(25-30)34-16-12-22-38(27-34)46(36-19-8-5-9-20-36,37-21-11-14-31(2)26-37)39-23-24-41-40(28-39)42-32(3)29-44-43(42)45(41)35-17-6-4-7-18-35/h4-10,12,15-20,22-28,30-32,44H,11,13-14,21,29H2,1-3H3. The lowest BCUT2D eigenvalue weighted by Crippen LogP contribution is -2.69. The second kappa shape index (κ2) is 11.8. The van der Waals surface area contributed by atoms with Gasteiger partial charge in [0, 0.05) is 29.1 Å². The molecular formula is C43H44N2Si. The molecule has 0 spiro atoms. The first-order chi connectivity index (χ1) is 22.5. The van der Waals surface area contributed by atoms with E-state index in [9.17, 15) is 0 Å². The van der Waals surface area contributed by atoms with Gasteiger partial charge in [0.2, 0.25) is 0 Å². The minimum Gasteiger partial charge on any atom is -0.370 e. The fourth-order valence-electron chi connectivity index (χ4n) is 8.56. The molecule has 0 fully saturated rings. The number of allylic oxidation sites excluding steroid dienone is 6. The molecule has 3 heteroatoms. The predicted octanol–water partition coefficient (Wildman–Crippen LogP) is 8.89. The van der Waals surface area contributed by atoms with Crippen LogP contribution in [0.2, 0.25) is 0 Å². The van der Waals surface area contributed by atoms with Crippen LogP contribution in [-0.2, 0) is 0 Å². The zero-order valence-electron chi connectivity index (χ0n) is 27.3. The Balaban J connectivity index is 1.44. The normalized spacial score (nSPS) is 22.1. The predicted molar refractivity (Wildman–Crippen MR) is 200 cm³/mol. The highest BCUT2D eigenvalue weighted by Crippen LogP contribution is 2.42. The lowest BCUT2D eigenvalue weighted by atomic mass is 9.94. The van der Waals surface area contributed by atoms with E-state index in [2.05, 4.69) is 158 Å². The summed E-state index contributed by atoms with van der Waals surface area (Å²) >= 11 is 0. The van der Waals surface area contributed by atoms with Gasteiger partial charge in [-0.25, -0.2) is 0 Å². The number of aromatic nitrogens is 1.